The smallest absolute Gasteiger partial charge is 0.266 e. The van der Waals surface area contributed by atoms with Crippen LogP contribution in [0.15, 0.2) is 41.3 Å². The van der Waals surface area contributed by atoms with Crippen LogP contribution >= 0.6 is 11.7 Å². The third-order valence-corrected chi connectivity index (χ3v) is 2.24. The summed E-state index contributed by atoms with van der Waals surface area (Å²) in [4.78, 5) is 11.1. The van der Waals surface area contributed by atoms with E-state index in [1.807, 2.05) is 30.3 Å². The summed E-state index contributed by atoms with van der Waals surface area (Å²) in [7, 11) is 0. The average Bonchev–Trinajstić information content (AvgIpc) is 2.53. The Hall–Kier alpha value is -1.42. The summed E-state index contributed by atoms with van der Waals surface area (Å²) in [5.41, 5.74) is 0.788. The molecule has 0 spiro atoms. The van der Waals surface area contributed by atoms with Gasteiger partial charge in [0.1, 0.15) is 6.20 Å². The maximum atomic E-state index is 11.1. The molecule has 2 rings (SSSR count). The molecule has 0 radical (unpaired) electrons. The molecule has 2 aromatic rings. The number of hydrogen-bond acceptors (Lipinski definition) is 3. The minimum Gasteiger partial charge on any atom is -0.266 e. The number of para-hydroxylation sites is 1. The van der Waals surface area contributed by atoms with Crippen molar-refractivity contribution in [2.24, 2.45) is 0 Å². The van der Waals surface area contributed by atoms with Gasteiger partial charge in [0.15, 0.2) is 0 Å². The zero-order chi connectivity index (χ0) is 8.39. The standard InChI is InChI=1S/C8H6N2OS/c11-8-6-9-12-10(8)7-4-2-1-3-5-7/h1-6H. The van der Waals surface area contributed by atoms with Gasteiger partial charge in [0.2, 0.25) is 0 Å². The van der Waals surface area contributed by atoms with Crippen LogP contribution in [0.3, 0.4) is 0 Å². The summed E-state index contributed by atoms with van der Waals surface area (Å²) >= 11 is 1.16. The lowest BCUT2D eigenvalue weighted by Crippen LogP contribution is -2.08. The highest BCUT2D eigenvalue weighted by atomic mass is 32.1. The second kappa shape index (κ2) is 2.91. The molecule has 0 aliphatic carbocycles. The fraction of sp³-hybridized carbons (Fsp3) is 0. The third-order valence-electron chi connectivity index (χ3n) is 1.48. The molecule has 0 saturated carbocycles. The predicted octanol–water partition coefficient (Wildman–Crippen LogP) is 1.29. The minimum atomic E-state index is -0.0776. The molecule has 3 nitrogen and oxygen atoms in total. The van der Waals surface area contributed by atoms with Gasteiger partial charge in [0, 0.05) is 0 Å². The lowest BCUT2D eigenvalue weighted by atomic mass is 10.3. The maximum absolute atomic E-state index is 11.1. The van der Waals surface area contributed by atoms with Gasteiger partial charge in [-0.05, 0) is 12.1 Å². The van der Waals surface area contributed by atoms with E-state index in [-0.39, 0.29) is 5.56 Å². The van der Waals surface area contributed by atoms with Crippen molar-refractivity contribution in [3.8, 4) is 5.69 Å². The quantitative estimate of drug-likeness (QED) is 0.659. The second-order valence-electron chi connectivity index (χ2n) is 2.28. The molecule has 0 unspecified atom stereocenters. The Labute approximate surface area is 73.2 Å². The number of benzene rings is 1. The van der Waals surface area contributed by atoms with E-state index in [1.54, 1.807) is 3.96 Å². The lowest BCUT2D eigenvalue weighted by molar-refractivity contribution is 1.13. The highest BCUT2D eigenvalue weighted by Gasteiger charge is 1.98. The van der Waals surface area contributed by atoms with Gasteiger partial charge in [-0.2, -0.15) is 4.37 Å². The molecule has 4 heteroatoms. The first-order chi connectivity index (χ1) is 5.88. The first-order valence-corrected chi connectivity index (χ1v) is 4.20. The van der Waals surface area contributed by atoms with Crippen molar-refractivity contribution in [1.29, 1.82) is 0 Å². The van der Waals surface area contributed by atoms with E-state index < -0.39 is 0 Å². The number of rotatable bonds is 1. The third kappa shape index (κ3) is 1.16. The van der Waals surface area contributed by atoms with Crippen molar-refractivity contribution >= 4 is 11.7 Å². The van der Waals surface area contributed by atoms with Crippen molar-refractivity contribution in [3.63, 3.8) is 0 Å². The van der Waals surface area contributed by atoms with Crippen molar-refractivity contribution in [3.05, 3.63) is 46.9 Å². The minimum absolute atomic E-state index is 0.0776. The number of aromatic nitrogens is 2. The molecule has 0 bridgehead atoms. The summed E-state index contributed by atoms with van der Waals surface area (Å²) in [6.07, 6.45) is 1.32. The van der Waals surface area contributed by atoms with Gasteiger partial charge in [-0.15, -0.1) is 0 Å². The molecule has 0 fully saturated rings. The molecule has 1 heterocycles. The zero-order valence-corrected chi connectivity index (χ0v) is 6.99. The molecule has 0 amide bonds. The van der Waals surface area contributed by atoms with Crippen LogP contribution in [0.25, 0.3) is 5.69 Å². The topological polar surface area (TPSA) is 34.9 Å². The summed E-state index contributed by atoms with van der Waals surface area (Å²) in [5.74, 6) is 0. The molecule has 0 atom stereocenters. The highest BCUT2D eigenvalue weighted by molar-refractivity contribution is 7.00. The van der Waals surface area contributed by atoms with E-state index in [1.165, 1.54) is 6.20 Å². The molecule has 12 heavy (non-hydrogen) atoms. The summed E-state index contributed by atoms with van der Waals surface area (Å²) in [6.45, 7) is 0. The monoisotopic (exact) mass is 178 g/mol. The highest BCUT2D eigenvalue weighted by Crippen LogP contribution is 2.04. The molecule has 0 aliphatic heterocycles. The SMILES string of the molecule is O=c1cnsn1-c1ccccc1. The van der Waals surface area contributed by atoms with Gasteiger partial charge < -0.3 is 0 Å². The van der Waals surface area contributed by atoms with Crippen LogP contribution in [0.4, 0.5) is 0 Å². The van der Waals surface area contributed by atoms with Crippen LogP contribution in [0.2, 0.25) is 0 Å². The number of hydrogen-bond donors (Lipinski definition) is 0. The fourth-order valence-corrected chi connectivity index (χ4v) is 1.52. The summed E-state index contributed by atoms with van der Waals surface area (Å²) in [5, 5.41) is 0. The van der Waals surface area contributed by atoms with Crippen LogP contribution in [-0.4, -0.2) is 8.33 Å². The Balaban J connectivity index is 2.59. The maximum Gasteiger partial charge on any atom is 0.285 e. The van der Waals surface area contributed by atoms with Crippen molar-refractivity contribution in [2.75, 3.05) is 0 Å². The van der Waals surface area contributed by atoms with Crippen LogP contribution in [0.5, 0.6) is 0 Å². The Morgan fingerprint density at radius 2 is 2.00 bits per heavy atom. The van der Waals surface area contributed by atoms with Crippen molar-refractivity contribution in [1.82, 2.24) is 8.33 Å². The normalized spacial score (nSPS) is 10.0. The molecule has 1 aromatic carbocycles. The van der Waals surface area contributed by atoms with Gasteiger partial charge in [-0.1, -0.05) is 18.2 Å². The average molecular weight is 178 g/mol. The number of nitrogens with zero attached hydrogens (tertiary/aromatic N) is 2. The first-order valence-electron chi connectivity index (χ1n) is 3.47. The lowest BCUT2D eigenvalue weighted by Gasteiger charge is -1.95. The molecular weight excluding hydrogens is 172 g/mol. The van der Waals surface area contributed by atoms with E-state index in [2.05, 4.69) is 4.37 Å². The first kappa shape index (κ1) is 7.24. The summed E-state index contributed by atoms with van der Waals surface area (Å²) in [6, 6.07) is 9.44. The summed E-state index contributed by atoms with van der Waals surface area (Å²) < 4.78 is 5.33. The van der Waals surface area contributed by atoms with Gasteiger partial charge in [0.25, 0.3) is 5.56 Å². The van der Waals surface area contributed by atoms with Gasteiger partial charge >= 0.3 is 0 Å². The molecule has 0 N–H and O–H groups in total. The Morgan fingerprint density at radius 1 is 1.25 bits per heavy atom. The largest absolute Gasteiger partial charge is 0.285 e. The van der Waals surface area contributed by atoms with E-state index >= 15 is 0 Å². The van der Waals surface area contributed by atoms with Gasteiger partial charge in [-0.25, -0.2) is 3.96 Å². The molecule has 0 aliphatic rings. The van der Waals surface area contributed by atoms with Gasteiger partial charge in [-0.3, -0.25) is 4.79 Å². The van der Waals surface area contributed by atoms with Crippen LogP contribution in [0.1, 0.15) is 0 Å². The van der Waals surface area contributed by atoms with Crippen LogP contribution < -0.4 is 5.56 Å². The van der Waals surface area contributed by atoms with Crippen LogP contribution in [-0.2, 0) is 0 Å². The fourth-order valence-electron chi connectivity index (χ4n) is 0.946. The zero-order valence-electron chi connectivity index (χ0n) is 6.18. The van der Waals surface area contributed by atoms with E-state index in [0.717, 1.165) is 17.4 Å². The predicted molar refractivity (Wildman–Crippen MR) is 47.7 cm³/mol. The Bertz CT molecular complexity index is 418. The second-order valence-corrected chi connectivity index (χ2v) is 3.02. The molecule has 1 aromatic heterocycles. The van der Waals surface area contributed by atoms with E-state index in [0.29, 0.717) is 0 Å². The Morgan fingerprint density at radius 3 is 2.58 bits per heavy atom. The molecule has 0 saturated heterocycles. The Kier molecular flexibility index (Phi) is 1.75. The van der Waals surface area contributed by atoms with Crippen molar-refractivity contribution in [2.45, 2.75) is 0 Å². The molecular formula is C8H6N2OS. The van der Waals surface area contributed by atoms with Crippen molar-refractivity contribution < 1.29 is 0 Å². The van der Waals surface area contributed by atoms with E-state index in [9.17, 15) is 4.79 Å². The van der Waals surface area contributed by atoms with Gasteiger partial charge in [0.05, 0.1) is 17.4 Å². The molecule has 60 valence electrons. The van der Waals surface area contributed by atoms with E-state index in [4.69, 9.17) is 0 Å². The van der Waals surface area contributed by atoms with Crippen LogP contribution in [0, 0.1) is 0 Å².